The number of benzene rings is 1. The number of nitrogens with two attached hydrogens (primary N) is 1. The van der Waals surface area contributed by atoms with Gasteiger partial charge in [-0.15, -0.1) is 10.2 Å². The van der Waals surface area contributed by atoms with E-state index in [0.29, 0.717) is 17.9 Å². The van der Waals surface area contributed by atoms with E-state index in [1.165, 1.54) is 6.07 Å². The number of rotatable bonds is 4. The Balaban J connectivity index is 1.99. The Morgan fingerprint density at radius 2 is 2.15 bits per heavy atom. The van der Waals surface area contributed by atoms with Gasteiger partial charge in [-0.2, -0.15) is 5.26 Å². The van der Waals surface area contributed by atoms with E-state index >= 15 is 0 Å². The number of nitriles is 1. The Morgan fingerprint density at radius 3 is 2.80 bits per heavy atom. The molecule has 4 N–H and O–H groups in total. The van der Waals surface area contributed by atoms with E-state index in [2.05, 4.69) is 20.9 Å². The average molecular weight is 268 g/mol. The predicted octanol–water partition coefficient (Wildman–Crippen LogP) is 0.564. The first-order chi connectivity index (χ1) is 9.72. The van der Waals surface area contributed by atoms with Crippen molar-refractivity contribution >= 4 is 11.7 Å². The molecule has 1 heterocycles. The van der Waals surface area contributed by atoms with Crippen LogP contribution in [0.15, 0.2) is 36.4 Å². The maximum absolute atomic E-state index is 11.8. The maximum Gasteiger partial charge on any atom is 0.272 e. The number of amides is 1. The van der Waals surface area contributed by atoms with Gasteiger partial charge in [0.25, 0.3) is 5.91 Å². The van der Waals surface area contributed by atoms with Crippen molar-refractivity contribution in [1.29, 1.82) is 5.26 Å². The van der Waals surface area contributed by atoms with Crippen molar-refractivity contribution in [3.05, 3.63) is 53.2 Å². The Bertz CT molecular complexity index is 647. The lowest BCUT2D eigenvalue weighted by atomic mass is 10.1. The second kappa shape index (κ2) is 6.26. The van der Waals surface area contributed by atoms with Crippen molar-refractivity contribution < 1.29 is 4.79 Å². The Morgan fingerprint density at radius 1 is 1.30 bits per heavy atom. The van der Waals surface area contributed by atoms with E-state index in [-0.39, 0.29) is 11.6 Å². The fourth-order valence-corrected chi connectivity index (χ4v) is 1.55. The lowest BCUT2D eigenvalue weighted by Gasteiger charge is -2.05. The summed E-state index contributed by atoms with van der Waals surface area (Å²) < 4.78 is 0. The molecule has 0 saturated heterocycles. The molecule has 0 radical (unpaired) electrons. The first-order valence-electron chi connectivity index (χ1n) is 5.80. The molecule has 2 aromatic rings. The second-order valence-electron chi connectivity index (χ2n) is 3.94. The molecule has 7 nitrogen and oxygen atoms in total. The summed E-state index contributed by atoms with van der Waals surface area (Å²) in [7, 11) is 0. The lowest BCUT2D eigenvalue weighted by molar-refractivity contribution is 0.0945. The Labute approximate surface area is 115 Å². The van der Waals surface area contributed by atoms with E-state index in [1.807, 2.05) is 12.1 Å². The summed E-state index contributed by atoms with van der Waals surface area (Å²) in [5, 5.41) is 18.9. The van der Waals surface area contributed by atoms with Crippen LogP contribution >= 0.6 is 0 Å². The van der Waals surface area contributed by atoms with Gasteiger partial charge in [-0.1, -0.05) is 12.1 Å². The van der Waals surface area contributed by atoms with Crippen molar-refractivity contribution in [2.45, 2.75) is 6.54 Å². The topological polar surface area (TPSA) is 117 Å². The molecule has 20 heavy (non-hydrogen) atoms. The van der Waals surface area contributed by atoms with Crippen LogP contribution in [0.2, 0.25) is 0 Å². The van der Waals surface area contributed by atoms with Gasteiger partial charge >= 0.3 is 0 Å². The minimum Gasteiger partial charge on any atom is -0.347 e. The number of carbonyl (C=O) groups excluding carboxylic acids is 1. The highest BCUT2D eigenvalue weighted by atomic mass is 16.1. The predicted molar refractivity (Wildman–Crippen MR) is 72.2 cm³/mol. The number of hydrazine groups is 1. The van der Waals surface area contributed by atoms with E-state index in [4.69, 9.17) is 11.1 Å². The number of anilines is 1. The molecule has 0 aliphatic rings. The molecule has 0 unspecified atom stereocenters. The largest absolute Gasteiger partial charge is 0.347 e. The summed E-state index contributed by atoms with van der Waals surface area (Å²) >= 11 is 0. The third kappa shape index (κ3) is 3.28. The minimum absolute atomic E-state index is 0.195. The van der Waals surface area contributed by atoms with Crippen molar-refractivity contribution in [3.8, 4) is 6.07 Å². The third-order valence-electron chi connectivity index (χ3n) is 2.55. The molecule has 0 atom stereocenters. The number of hydrogen-bond donors (Lipinski definition) is 3. The molecule has 0 bridgehead atoms. The summed E-state index contributed by atoms with van der Waals surface area (Å²) in [5.74, 6) is 5.19. The summed E-state index contributed by atoms with van der Waals surface area (Å²) in [6, 6.07) is 12.1. The summed E-state index contributed by atoms with van der Waals surface area (Å²) in [6.45, 7) is 0.312. The van der Waals surface area contributed by atoms with E-state index < -0.39 is 0 Å². The summed E-state index contributed by atoms with van der Waals surface area (Å²) in [4.78, 5) is 11.8. The first kappa shape index (κ1) is 13.5. The molecule has 0 spiro atoms. The van der Waals surface area contributed by atoms with Gasteiger partial charge in [0.15, 0.2) is 11.5 Å². The molecule has 7 heteroatoms. The summed E-state index contributed by atoms with van der Waals surface area (Å²) in [6.07, 6.45) is 0. The molecule has 0 fully saturated rings. The van der Waals surface area contributed by atoms with Crippen molar-refractivity contribution in [1.82, 2.24) is 15.5 Å². The van der Waals surface area contributed by atoms with Crippen LogP contribution in [0, 0.1) is 11.3 Å². The molecule has 0 aliphatic carbocycles. The van der Waals surface area contributed by atoms with Crippen LogP contribution in [0.1, 0.15) is 21.6 Å². The number of nitrogens with one attached hydrogen (secondary N) is 2. The smallest absolute Gasteiger partial charge is 0.272 e. The van der Waals surface area contributed by atoms with Crippen molar-refractivity contribution in [2.24, 2.45) is 5.84 Å². The van der Waals surface area contributed by atoms with E-state index in [0.717, 1.165) is 5.56 Å². The molecule has 1 aromatic carbocycles. The monoisotopic (exact) mass is 268 g/mol. The number of carbonyl (C=O) groups is 1. The Hall–Kier alpha value is -2.98. The second-order valence-corrected chi connectivity index (χ2v) is 3.94. The van der Waals surface area contributed by atoms with Crippen LogP contribution in [0.25, 0.3) is 0 Å². The number of nitrogen functional groups attached to an aromatic ring is 1. The normalized spacial score (nSPS) is 9.60. The number of hydrogen-bond acceptors (Lipinski definition) is 6. The van der Waals surface area contributed by atoms with Crippen LogP contribution in [0.3, 0.4) is 0 Å². The van der Waals surface area contributed by atoms with Gasteiger partial charge in [0, 0.05) is 6.54 Å². The highest BCUT2D eigenvalue weighted by Gasteiger charge is 2.07. The molecule has 0 saturated carbocycles. The van der Waals surface area contributed by atoms with Crippen LogP contribution < -0.4 is 16.6 Å². The standard InChI is InChI=1S/C13H12N6O/c14-7-9-2-1-3-10(6-9)8-16-13(20)11-4-5-12(17-15)19-18-11/h1-6H,8,15H2,(H,16,20)(H,17,19). The van der Waals surface area contributed by atoms with Crippen LogP contribution in [0.4, 0.5) is 5.82 Å². The molecular weight excluding hydrogens is 256 g/mol. The van der Waals surface area contributed by atoms with Crippen molar-refractivity contribution in [3.63, 3.8) is 0 Å². The van der Waals surface area contributed by atoms with E-state index in [1.54, 1.807) is 24.3 Å². The van der Waals surface area contributed by atoms with Crippen LogP contribution in [-0.2, 0) is 6.54 Å². The summed E-state index contributed by atoms with van der Waals surface area (Å²) in [5.41, 5.74) is 3.91. The average Bonchev–Trinajstić information content (AvgIpc) is 2.53. The zero-order chi connectivity index (χ0) is 14.4. The van der Waals surface area contributed by atoms with Gasteiger partial charge < -0.3 is 10.7 Å². The molecule has 100 valence electrons. The molecule has 0 aliphatic heterocycles. The van der Waals surface area contributed by atoms with E-state index in [9.17, 15) is 4.79 Å². The quantitative estimate of drug-likeness (QED) is 0.551. The minimum atomic E-state index is -0.344. The van der Waals surface area contributed by atoms with Gasteiger partial charge in [-0.3, -0.25) is 4.79 Å². The molecule has 2 rings (SSSR count). The van der Waals surface area contributed by atoms with Gasteiger partial charge in [0.1, 0.15) is 0 Å². The molecule has 1 amide bonds. The van der Waals surface area contributed by atoms with Crippen molar-refractivity contribution in [2.75, 3.05) is 5.43 Å². The zero-order valence-electron chi connectivity index (χ0n) is 10.5. The van der Waals surface area contributed by atoms with Crippen LogP contribution in [0.5, 0.6) is 0 Å². The SMILES string of the molecule is N#Cc1cccc(CNC(=O)c2ccc(NN)nn2)c1. The van der Waals surface area contributed by atoms with Crippen LogP contribution in [-0.4, -0.2) is 16.1 Å². The fraction of sp³-hybridized carbons (Fsp3) is 0.0769. The first-order valence-corrected chi connectivity index (χ1v) is 5.80. The van der Waals surface area contributed by atoms with Gasteiger partial charge in [-0.05, 0) is 29.8 Å². The highest BCUT2D eigenvalue weighted by molar-refractivity contribution is 5.92. The highest BCUT2D eigenvalue weighted by Crippen LogP contribution is 2.04. The fourth-order valence-electron chi connectivity index (χ4n) is 1.55. The maximum atomic E-state index is 11.8. The zero-order valence-corrected chi connectivity index (χ0v) is 10.5. The van der Waals surface area contributed by atoms with Gasteiger partial charge in [0.05, 0.1) is 11.6 Å². The number of nitrogens with zero attached hydrogens (tertiary/aromatic N) is 3. The third-order valence-corrected chi connectivity index (χ3v) is 2.55. The van der Waals surface area contributed by atoms with Gasteiger partial charge in [0.2, 0.25) is 0 Å². The molecular formula is C13H12N6O. The van der Waals surface area contributed by atoms with Gasteiger partial charge in [-0.25, -0.2) is 5.84 Å². The molecule has 1 aromatic heterocycles. The Kier molecular flexibility index (Phi) is 4.21. The lowest BCUT2D eigenvalue weighted by Crippen LogP contribution is -2.24. The number of aromatic nitrogens is 2.